The van der Waals surface area contributed by atoms with E-state index in [9.17, 15) is 4.79 Å². The van der Waals surface area contributed by atoms with E-state index in [4.69, 9.17) is 14.6 Å². The Labute approximate surface area is 117 Å². The Kier molecular flexibility index (Phi) is 5.05. The Hall–Kier alpha value is -1.51. The minimum absolute atomic E-state index is 0.00149. The van der Waals surface area contributed by atoms with Crippen molar-refractivity contribution in [3.05, 3.63) is 11.4 Å². The van der Waals surface area contributed by atoms with Gasteiger partial charge in [-0.2, -0.15) is 0 Å². The lowest BCUT2D eigenvalue weighted by molar-refractivity contribution is -0.0297. The first kappa shape index (κ1) is 14.9. The highest BCUT2D eigenvalue weighted by molar-refractivity contribution is 5.86. The Morgan fingerprint density at radius 3 is 3.05 bits per heavy atom. The van der Waals surface area contributed by atoms with Gasteiger partial charge in [0, 0.05) is 26.6 Å². The van der Waals surface area contributed by atoms with Crippen LogP contribution in [0.25, 0.3) is 0 Å². The Balaban J connectivity index is 2.11. The molecule has 1 N–H and O–H groups in total. The van der Waals surface area contributed by atoms with Gasteiger partial charge in [0.15, 0.2) is 5.69 Å². The number of carboxylic acid groups (broad SMARTS) is 1. The maximum atomic E-state index is 11.1. The van der Waals surface area contributed by atoms with Crippen molar-refractivity contribution in [2.45, 2.75) is 19.1 Å². The van der Waals surface area contributed by atoms with E-state index in [0.717, 1.165) is 13.1 Å². The average molecular weight is 284 g/mol. The van der Waals surface area contributed by atoms with E-state index in [1.807, 2.05) is 7.05 Å². The van der Waals surface area contributed by atoms with E-state index in [2.05, 4.69) is 15.2 Å². The number of likely N-dealkylation sites (N-methyl/N-ethyl adjacent to an activating group) is 1. The van der Waals surface area contributed by atoms with Crippen LogP contribution in [-0.2, 0) is 22.4 Å². The van der Waals surface area contributed by atoms with Gasteiger partial charge in [-0.15, -0.1) is 5.10 Å². The molecule has 1 aliphatic rings. The molecule has 0 spiro atoms. The minimum Gasteiger partial charge on any atom is -0.476 e. The molecule has 0 amide bonds. The fourth-order valence-electron chi connectivity index (χ4n) is 2.26. The zero-order chi connectivity index (χ0) is 14.5. The largest absolute Gasteiger partial charge is 0.476 e. The van der Waals surface area contributed by atoms with Gasteiger partial charge in [0.05, 0.1) is 31.6 Å². The highest BCUT2D eigenvalue weighted by atomic mass is 16.5. The molecule has 0 saturated carbocycles. The fourth-order valence-corrected chi connectivity index (χ4v) is 2.26. The van der Waals surface area contributed by atoms with E-state index in [0.29, 0.717) is 31.9 Å². The summed E-state index contributed by atoms with van der Waals surface area (Å²) in [5.41, 5.74) is 0.572. The number of hydrogen-bond acceptors (Lipinski definition) is 6. The second-order valence-electron chi connectivity index (χ2n) is 4.87. The molecule has 1 atom stereocenters. The van der Waals surface area contributed by atoms with Gasteiger partial charge in [-0.05, 0) is 7.05 Å². The van der Waals surface area contributed by atoms with Crippen molar-refractivity contribution >= 4 is 5.97 Å². The van der Waals surface area contributed by atoms with E-state index < -0.39 is 5.97 Å². The highest BCUT2D eigenvalue weighted by Crippen LogP contribution is 2.11. The highest BCUT2D eigenvalue weighted by Gasteiger charge is 2.23. The van der Waals surface area contributed by atoms with Crippen molar-refractivity contribution in [3.63, 3.8) is 0 Å². The molecule has 0 radical (unpaired) electrons. The summed E-state index contributed by atoms with van der Waals surface area (Å²) in [6.45, 7) is 3.31. The zero-order valence-corrected chi connectivity index (χ0v) is 11.8. The van der Waals surface area contributed by atoms with Crippen molar-refractivity contribution < 1.29 is 19.4 Å². The van der Waals surface area contributed by atoms with Gasteiger partial charge in [0.25, 0.3) is 0 Å². The third-order valence-electron chi connectivity index (χ3n) is 3.30. The van der Waals surface area contributed by atoms with Crippen LogP contribution in [-0.4, -0.2) is 77.5 Å². The van der Waals surface area contributed by atoms with Gasteiger partial charge in [-0.25, -0.2) is 9.48 Å². The molecule has 1 fully saturated rings. The first-order chi connectivity index (χ1) is 9.61. The van der Waals surface area contributed by atoms with Gasteiger partial charge in [-0.3, -0.25) is 0 Å². The predicted molar refractivity (Wildman–Crippen MR) is 69.8 cm³/mol. The SMILES string of the molecule is COCCc1c(C(=O)O)nnn1CC1CN(C)CCO1. The Morgan fingerprint density at radius 2 is 2.40 bits per heavy atom. The second-order valence-corrected chi connectivity index (χ2v) is 4.87. The van der Waals surface area contributed by atoms with Crippen LogP contribution in [0.5, 0.6) is 0 Å². The quantitative estimate of drug-likeness (QED) is 0.753. The number of carbonyl (C=O) groups is 1. The summed E-state index contributed by atoms with van der Waals surface area (Å²) < 4.78 is 12.3. The van der Waals surface area contributed by atoms with Crippen LogP contribution in [0.1, 0.15) is 16.2 Å². The summed E-state index contributed by atoms with van der Waals surface area (Å²) in [6, 6.07) is 0. The molecule has 1 saturated heterocycles. The lowest BCUT2D eigenvalue weighted by atomic mass is 10.2. The topological polar surface area (TPSA) is 89.7 Å². The predicted octanol–water partition coefficient (Wildman–Crippen LogP) is -0.504. The van der Waals surface area contributed by atoms with Crippen molar-refractivity contribution in [1.29, 1.82) is 0 Å². The van der Waals surface area contributed by atoms with Gasteiger partial charge in [0.1, 0.15) is 0 Å². The van der Waals surface area contributed by atoms with Crippen LogP contribution in [0.4, 0.5) is 0 Å². The molecule has 1 unspecified atom stereocenters. The maximum absolute atomic E-state index is 11.1. The van der Waals surface area contributed by atoms with Crippen molar-refractivity contribution in [1.82, 2.24) is 19.9 Å². The molecule has 2 heterocycles. The second kappa shape index (κ2) is 6.78. The van der Waals surface area contributed by atoms with Crippen LogP contribution in [0.15, 0.2) is 0 Å². The number of ether oxygens (including phenoxy) is 2. The molecule has 2 rings (SSSR count). The summed E-state index contributed by atoms with van der Waals surface area (Å²) in [7, 11) is 3.61. The molecule has 20 heavy (non-hydrogen) atoms. The first-order valence-electron chi connectivity index (χ1n) is 6.56. The van der Waals surface area contributed by atoms with Crippen LogP contribution in [0.2, 0.25) is 0 Å². The van der Waals surface area contributed by atoms with E-state index in [-0.39, 0.29) is 11.8 Å². The fraction of sp³-hybridized carbons (Fsp3) is 0.750. The first-order valence-corrected chi connectivity index (χ1v) is 6.56. The van der Waals surface area contributed by atoms with Gasteiger partial charge >= 0.3 is 5.97 Å². The normalized spacial score (nSPS) is 20.2. The van der Waals surface area contributed by atoms with Crippen LogP contribution < -0.4 is 0 Å². The summed E-state index contributed by atoms with van der Waals surface area (Å²) in [5.74, 6) is -1.07. The van der Waals surface area contributed by atoms with Crippen molar-refractivity contribution in [2.75, 3.05) is 40.5 Å². The maximum Gasteiger partial charge on any atom is 0.358 e. The number of rotatable bonds is 6. The van der Waals surface area contributed by atoms with E-state index in [1.165, 1.54) is 0 Å². The third-order valence-corrected chi connectivity index (χ3v) is 3.30. The average Bonchev–Trinajstić information content (AvgIpc) is 2.79. The molecule has 0 aromatic carbocycles. The molecule has 8 nitrogen and oxygen atoms in total. The summed E-state index contributed by atoms with van der Waals surface area (Å²) in [5, 5.41) is 16.8. The molecule has 1 aromatic rings. The number of aromatic carboxylic acids is 1. The number of nitrogens with zero attached hydrogens (tertiary/aromatic N) is 4. The smallest absolute Gasteiger partial charge is 0.358 e. The third kappa shape index (κ3) is 3.53. The lowest BCUT2D eigenvalue weighted by Gasteiger charge is -2.30. The van der Waals surface area contributed by atoms with E-state index in [1.54, 1.807) is 11.8 Å². The van der Waals surface area contributed by atoms with Crippen LogP contribution in [0.3, 0.4) is 0 Å². The number of carboxylic acids is 1. The zero-order valence-electron chi connectivity index (χ0n) is 11.8. The number of morpholine rings is 1. The Morgan fingerprint density at radius 1 is 1.60 bits per heavy atom. The van der Waals surface area contributed by atoms with Crippen LogP contribution >= 0.6 is 0 Å². The monoisotopic (exact) mass is 284 g/mol. The molecule has 0 bridgehead atoms. The summed E-state index contributed by atoms with van der Waals surface area (Å²) >= 11 is 0. The van der Waals surface area contributed by atoms with Crippen molar-refractivity contribution in [3.8, 4) is 0 Å². The van der Waals surface area contributed by atoms with E-state index >= 15 is 0 Å². The molecular weight excluding hydrogens is 264 g/mol. The Bertz CT molecular complexity index is 462. The molecule has 8 heteroatoms. The van der Waals surface area contributed by atoms with Gasteiger partial charge in [0.2, 0.25) is 0 Å². The van der Waals surface area contributed by atoms with Crippen LogP contribution in [0, 0.1) is 0 Å². The molecule has 112 valence electrons. The van der Waals surface area contributed by atoms with Gasteiger partial charge < -0.3 is 19.5 Å². The van der Waals surface area contributed by atoms with Gasteiger partial charge in [-0.1, -0.05) is 5.21 Å². The van der Waals surface area contributed by atoms with Crippen molar-refractivity contribution in [2.24, 2.45) is 0 Å². The molecule has 1 aliphatic heterocycles. The number of aromatic nitrogens is 3. The molecular formula is C12H20N4O4. The summed E-state index contributed by atoms with van der Waals surface area (Å²) in [4.78, 5) is 13.3. The summed E-state index contributed by atoms with van der Waals surface area (Å²) in [6.07, 6.45) is 0.464. The lowest BCUT2D eigenvalue weighted by Crippen LogP contribution is -2.42. The molecule has 1 aromatic heterocycles. The standard InChI is InChI=1S/C12H20N4O4/c1-15-4-6-20-9(7-15)8-16-10(3-5-19-2)11(12(17)18)13-14-16/h9H,3-8H2,1-2H3,(H,17,18). The molecule has 0 aliphatic carbocycles. The minimum atomic E-state index is -1.07. The number of hydrogen-bond donors (Lipinski definition) is 1. The number of methoxy groups -OCH3 is 1.